The highest BCUT2D eigenvalue weighted by Crippen LogP contribution is 2.22. The zero-order valence-electron chi connectivity index (χ0n) is 9.03. The third kappa shape index (κ3) is 3.09. The van der Waals surface area contributed by atoms with Crippen LogP contribution in [0.15, 0.2) is 16.7 Å². The van der Waals surface area contributed by atoms with Gasteiger partial charge >= 0.3 is 5.97 Å². The van der Waals surface area contributed by atoms with Crippen molar-refractivity contribution in [1.82, 2.24) is 4.57 Å². The van der Waals surface area contributed by atoms with Crippen LogP contribution in [0.5, 0.6) is 0 Å². The van der Waals surface area contributed by atoms with Crippen molar-refractivity contribution >= 4 is 21.9 Å². The fourth-order valence-electron chi connectivity index (χ4n) is 1.62. The van der Waals surface area contributed by atoms with E-state index in [4.69, 9.17) is 5.11 Å². The second-order valence-corrected chi connectivity index (χ2v) is 4.66. The summed E-state index contributed by atoms with van der Waals surface area (Å²) < 4.78 is 2.64. The molecule has 1 N–H and O–H groups in total. The second-order valence-electron chi connectivity index (χ2n) is 3.75. The Morgan fingerprint density at radius 2 is 2.33 bits per heavy atom. The molecule has 1 unspecified atom stereocenters. The maximum atomic E-state index is 11.0. The van der Waals surface area contributed by atoms with Crippen LogP contribution in [0.3, 0.4) is 0 Å². The number of aromatic nitrogens is 1. The number of carboxylic acids is 1. The highest BCUT2D eigenvalue weighted by Gasteiger charge is 2.15. The number of hydrogen-bond donors (Lipinski definition) is 1. The largest absolute Gasteiger partial charge is 0.477 e. The lowest BCUT2D eigenvalue weighted by atomic mass is 10.1. The van der Waals surface area contributed by atoms with E-state index in [0.29, 0.717) is 5.69 Å². The Labute approximate surface area is 98.2 Å². The third-order valence-electron chi connectivity index (χ3n) is 2.48. The molecule has 1 aromatic heterocycles. The molecule has 1 heterocycles. The standard InChI is InChI=1S/C11H16BrNO2/c1-3-4-5-8(2)13-7-9(12)6-10(13)11(14)15/h6-8H,3-5H2,1-2H3,(H,14,15). The summed E-state index contributed by atoms with van der Waals surface area (Å²) in [6.07, 6.45) is 5.10. The Hall–Kier alpha value is -0.770. The van der Waals surface area contributed by atoms with Gasteiger partial charge in [0.25, 0.3) is 0 Å². The Kier molecular flexibility index (Phi) is 4.39. The van der Waals surface area contributed by atoms with E-state index in [2.05, 4.69) is 29.8 Å². The topological polar surface area (TPSA) is 42.2 Å². The van der Waals surface area contributed by atoms with E-state index >= 15 is 0 Å². The van der Waals surface area contributed by atoms with E-state index < -0.39 is 5.97 Å². The number of unbranched alkanes of at least 4 members (excludes halogenated alkanes) is 1. The molecule has 15 heavy (non-hydrogen) atoms. The van der Waals surface area contributed by atoms with Gasteiger partial charge in [-0.15, -0.1) is 0 Å². The first-order valence-electron chi connectivity index (χ1n) is 5.17. The molecule has 0 spiro atoms. The number of aromatic carboxylic acids is 1. The molecule has 0 saturated heterocycles. The summed E-state index contributed by atoms with van der Waals surface area (Å²) in [5.41, 5.74) is 0.352. The van der Waals surface area contributed by atoms with Crippen molar-refractivity contribution in [3.8, 4) is 0 Å². The van der Waals surface area contributed by atoms with Gasteiger partial charge in [-0.25, -0.2) is 4.79 Å². The highest BCUT2D eigenvalue weighted by molar-refractivity contribution is 9.10. The van der Waals surface area contributed by atoms with Crippen molar-refractivity contribution in [3.05, 3.63) is 22.4 Å². The maximum absolute atomic E-state index is 11.0. The van der Waals surface area contributed by atoms with Gasteiger partial charge in [0.05, 0.1) is 0 Å². The molecule has 0 aliphatic heterocycles. The van der Waals surface area contributed by atoms with E-state index in [-0.39, 0.29) is 6.04 Å². The molecule has 0 fully saturated rings. The molecule has 84 valence electrons. The Morgan fingerprint density at radius 1 is 1.67 bits per heavy atom. The zero-order chi connectivity index (χ0) is 11.4. The minimum Gasteiger partial charge on any atom is -0.477 e. The van der Waals surface area contributed by atoms with Gasteiger partial charge < -0.3 is 9.67 Å². The summed E-state index contributed by atoms with van der Waals surface area (Å²) in [7, 11) is 0. The monoisotopic (exact) mass is 273 g/mol. The van der Waals surface area contributed by atoms with E-state index in [1.807, 2.05) is 10.8 Å². The van der Waals surface area contributed by atoms with Crippen LogP contribution in [0.2, 0.25) is 0 Å². The fourth-order valence-corrected chi connectivity index (χ4v) is 2.06. The van der Waals surface area contributed by atoms with Crippen LogP contribution in [0.4, 0.5) is 0 Å². The van der Waals surface area contributed by atoms with Gasteiger partial charge in [-0.05, 0) is 35.3 Å². The summed E-state index contributed by atoms with van der Waals surface area (Å²) in [4.78, 5) is 11.0. The van der Waals surface area contributed by atoms with E-state index in [9.17, 15) is 4.79 Å². The summed E-state index contributed by atoms with van der Waals surface area (Å²) in [6, 6.07) is 1.88. The zero-order valence-corrected chi connectivity index (χ0v) is 10.6. The van der Waals surface area contributed by atoms with Crippen molar-refractivity contribution in [2.45, 2.75) is 39.2 Å². The van der Waals surface area contributed by atoms with Crippen LogP contribution in [0.25, 0.3) is 0 Å². The molecule has 0 amide bonds. The van der Waals surface area contributed by atoms with Crippen LogP contribution in [0, 0.1) is 0 Å². The minimum atomic E-state index is -0.871. The van der Waals surface area contributed by atoms with Gasteiger partial charge in [0.2, 0.25) is 0 Å². The van der Waals surface area contributed by atoms with Crippen LogP contribution < -0.4 is 0 Å². The number of carbonyl (C=O) groups is 1. The number of hydrogen-bond acceptors (Lipinski definition) is 1. The van der Waals surface area contributed by atoms with Crippen molar-refractivity contribution < 1.29 is 9.90 Å². The predicted molar refractivity (Wildman–Crippen MR) is 63.3 cm³/mol. The van der Waals surface area contributed by atoms with Crippen LogP contribution >= 0.6 is 15.9 Å². The first kappa shape index (κ1) is 12.3. The van der Waals surface area contributed by atoms with Gasteiger partial charge in [0.1, 0.15) is 5.69 Å². The average molecular weight is 274 g/mol. The summed E-state index contributed by atoms with van der Waals surface area (Å²) in [5.74, 6) is -0.871. The normalized spacial score (nSPS) is 12.7. The highest BCUT2D eigenvalue weighted by atomic mass is 79.9. The molecule has 0 aromatic carbocycles. The van der Waals surface area contributed by atoms with Crippen molar-refractivity contribution in [3.63, 3.8) is 0 Å². The van der Waals surface area contributed by atoms with Crippen LogP contribution in [-0.2, 0) is 0 Å². The molecule has 0 saturated carbocycles. The quantitative estimate of drug-likeness (QED) is 0.889. The number of halogens is 1. The van der Waals surface area contributed by atoms with Crippen molar-refractivity contribution in [2.75, 3.05) is 0 Å². The van der Waals surface area contributed by atoms with Crippen LogP contribution in [-0.4, -0.2) is 15.6 Å². The predicted octanol–water partition coefficient (Wildman–Crippen LogP) is 3.70. The van der Waals surface area contributed by atoms with Gasteiger partial charge in [-0.1, -0.05) is 19.8 Å². The summed E-state index contributed by atoms with van der Waals surface area (Å²) in [6.45, 7) is 4.19. The molecule has 0 radical (unpaired) electrons. The Morgan fingerprint density at radius 3 is 2.87 bits per heavy atom. The second kappa shape index (κ2) is 5.35. The van der Waals surface area contributed by atoms with E-state index in [1.165, 1.54) is 0 Å². The smallest absolute Gasteiger partial charge is 0.352 e. The minimum absolute atomic E-state index is 0.238. The summed E-state index contributed by atoms with van der Waals surface area (Å²) in [5, 5.41) is 9.01. The Balaban J connectivity index is 2.86. The van der Waals surface area contributed by atoms with E-state index in [0.717, 1.165) is 23.7 Å². The first-order chi connectivity index (χ1) is 7.06. The number of rotatable bonds is 5. The number of carboxylic acid groups (broad SMARTS) is 1. The van der Waals surface area contributed by atoms with Crippen LogP contribution in [0.1, 0.15) is 49.6 Å². The molecular weight excluding hydrogens is 258 g/mol. The molecule has 0 bridgehead atoms. The van der Waals surface area contributed by atoms with Gasteiger partial charge in [0.15, 0.2) is 0 Å². The van der Waals surface area contributed by atoms with Gasteiger partial charge in [0, 0.05) is 16.7 Å². The molecule has 0 aliphatic carbocycles. The summed E-state index contributed by atoms with van der Waals surface area (Å²) >= 11 is 3.30. The molecule has 0 aliphatic rings. The molecule has 1 rings (SSSR count). The van der Waals surface area contributed by atoms with Gasteiger partial charge in [-0.3, -0.25) is 0 Å². The SMILES string of the molecule is CCCCC(C)n1cc(Br)cc1C(=O)O. The lowest BCUT2D eigenvalue weighted by molar-refractivity contribution is 0.0682. The Bertz CT molecular complexity index is 346. The lowest BCUT2D eigenvalue weighted by Gasteiger charge is -2.15. The molecule has 1 atom stereocenters. The van der Waals surface area contributed by atoms with Gasteiger partial charge in [-0.2, -0.15) is 0 Å². The lowest BCUT2D eigenvalue weighted by Crippen LogP contribution is -2.11. The maximum Gasteiger partial charge on any atom is 0.352 e. The van der Waals surface area contributed by atoms with Crippen molar-refractivity contribution in [1.29, 1.82) is 0 Å². The first-order valence-corrected chi connectivity index (χ1v) is 5.96. The molecule has 3 nitrogen and oxygen atoms in total. The molecule has 4 heteroatoms. The average Bonchev–Trinajstić information content (AvgIpc) is 2.57. The van der Waals surface area contributed by atoms with E-state index in [1.54, 1.807) is 6.07 Å². The fraction of sp³-hybridized carbons (Fsp3) is 0.545. The van der Waals surface area contributed by atoms with Crippen molar-refractivity contribution in [2.24, 2.45) is 0 Å². The number of nitrogens with zero attached hydrogens (tertiary/aromatic N) is 1. The molecule has 1 aromatic rings. The molecular formula is C11H16BrNO2. The third-order valence-corrected chi connectivity index (χ3v) is 2.92.